The number of aliphatic hydroxyl groups excluding tert-OH is 2. The fraction of sp³-hybridized carbons (Fsp3) is 0.368. The van der Waals surface area contributed by atoms with Crippen molar-refractivity contribution in [3.05, 3.63) is 57.8 Å². The third-order valence-corrected chi connectivity index (χ3v) is 5.97. The molecule has 0 unspecified atom stereocenters. The van der Waals surface area contributed by atoms with Crippen molar-refractivity contribution in [3.8, 4) is 0 Å². The predicted octanol–water partition coefficient (Wildman–Crippen LogP) is 2.81. The minimum absolute atomic E-state index is 0.0248. The molecule has 29 heavy (non-hydrogen) atoms. The number of halogens is 3. The van der Waals surface area contributed by atoms with Gasteiger partial charge in [0.1, 0.15) is 41.5 Å². The molecule has 1 aromatic carbocycles. The van der Waals surface area contributed by atoms with E-state index in [1.165, 1.54) is 10.9 Å². The number of aliphatic hydroxyl groups is 2. The van der Waals surface area contributed by atoms with E-state index >= 15 is 0 Å². The first kappa shape index (κ1) is 19.2. The highest BCUT2D eigenvalue weighted by atomic mass is 35.5. The van der Waals surface area contributed by atoms with Gasteiger partial charge in [0.05, 0.1) is 12.0 Å². The molecule has 2 aliphatic heterocycles. The summed E-state index contributed by atoms with van der Waals surface area (Å²) in [6, 6.07) is 5.43. The molecule has 5 atom stereocenters. The summed E-state index contributed by atoms with van der Waals surface area (Å²) in [5.41, 5.74) is 2.00. The number of ether oxygens (including phenoxy) is 2. The third-order valence-electron chi connectivity index (χ3n) is 5.44. The zero-order valence-electron chi connectivity index (χ0n) is 14.9. The molecule has 1 saturated heterocycles. The van der Waals surface area contributed by atoms with Crippen LogP contribution in [-0.4, -0.2) is 49.7 Å². The lowest BCUT2D eigenvalue weighted by Gasteiger charge is -2.31. The summed E-state index contributed by atoms with van der Waals surface area (Å²) in [5.74, 6) is -0.645. The second-order valence-electron chi connectivity index (χ2n) is 7.10. The Kier molecular flexibility index (Phi) is 4.73. The SMILES string of the molecule is O[C@@H]1[C@H](O)[C@@H]([C@@H]2OCCc3cc(Cl)ccc32)O[C@H]1n1cc(F)c2c(Cl)ncnc21. The average Bonchev–Trinajstić information content (AvgIpc) is 3.19. The molecule has 0 spiro atoms. The van der Waals surface area contributed by atoms with Crippen LogP contribution in [0, 0.1) is 5.82 Å². The van der Waals surface area contributed by atoms with E-state index in [-0.39, 0.29) is 16.2 Å². The predicted molar refractivity (Wildman–Crippen MR) is 102 cm³/mol. The molecule has 5 rings (SSSR count). The van der Waals surface area contributed by atoms with Crippen LogP contribution >= 0.6 is 23.2 Å². The molecule has 7 nitrogen and oxygen atoms in total. The summed E-state index contributed by atoms with van der Waals surface area (Å²) in [4.78, 5) is 7.84. The van der Waals surface area contributed by atoms with Gasteiger partial charge in [0, 0.05) is 11.2 Å². The fourth-order valence-corrected chi connectivity index (χ4v) is 4.50. The zero-order valence-corrected chi connectivity index (χ0v) is 16.4. The first-order chi connectivity index (χ1) is 14.0. The van der Waals surface area contributed by atoms with Gasteiger partial charge in [-0.1, -0.05) is 29.3 Å². The van der Waals surface area contributed by atoms with E-state index in [4.69, 9.17) is 32.7 Å². The summed E-state index contributed by atoms with van der Waals surface area (Å²) in [7, 11) is 0. The van der Waals surface area contributed by atoms with Crippen LogP contribution < -0.4 is 0 Å². The Balaban J connectivity index is 1.52. The lowest BCUT2D eigenvalue weighted by Crippen LogP contribution is -2.37. The van der Waals surface area contributed by atoms with Gasteiger partial charge in [-0.15, -0.1) is 0 Å². The van der Waals surface area contributed by atoms with Crippen molar-refractivity contribution in [2.24, 2.45) is 0 Å². The molecule has 0 bridgehead atoms. The molecule has 152 valence electrons. The second kappa shape index (κ2) is 7.16. The van der Waals surface area contributed by atoms with Crippen LogP contribution in [0.1, 0.15) is 23.5 Å². The Morgan fingerprint density at radius 2 is 2.00 bits per heavy atom. The normalized spacial score (nSPS) is 29.3. The number of hydrogen-bond acceptors (Lipinski definition) is 6. The van der Waals surface area contributed by atoms with Gasteiger partial charge < -0.3 is 24.3 Å². The van der Waals surface area contributed by atoms with Crippen molar-refractivity contribution in [2.75, 3.05) is 6.61 Å². The van der Waals surface area contributed by atoms with Gasteiger partial charge in [-0.25, -0.2) is 14.4 Å². The highest BCUT2D eigenvalue weighted by Crippen LogP contribution is 2.42. The van der Waals surface area contributed by atoms with Gasteiger partial charge in [-0.05, 0) is 29.7 Å². The largest absolute Gasteiger partial charge is 0.387 e. The molecular weight excluding hydrogens is 424 g/mol. The molecule has 0 saturated carbocycles. The Morgan fingerprint density at radius 3 is 2.83 bits per heavy atom. The van der Waals surface area contributed by atoms with Crippen molar-refractivity contribution in [1.29, 1.82) is 0 Å². The molecule has 10 heteroatoms. The van der Waals surface area contributed by atoms with Gasteiger partial charge in [0.25, 0.3) is 0 Å². The number of rotatable bonds is 2. The molecule has 2 N–H and O–H groups in total. The monoisotopic (exact) mass is 439 g/mol. The van der Waals surface area contributed by atoms with E-state index in [2.05, 4.69) is 9.97 Å². The minimum atomic E-state index is -1.33. The third kappa shape index (κ3) is 3.02. The Labute approximate surface area is 174 Å². The van der Waals surface area contributed by atoms with E-state index in [0.29, 0.717) is 18.1 Å². The lowest BCUT2D eigenvalue weighted by atomic mass is 9.92. The Bertz CT molecular complexity index is 1090. The summed E-state index contributed by atoms with van der Waals surface area (Å²) in [5, 5.41) is 22.0. The first-order valence-electron chi connectivity index (χ1n) is 9.04. The smallest absolute Gasteiger partial charge is 0.164 e. The van der Waals surface area contributed by atoms with Gasteiger partial charge in [0.2, 0.25) is 0 Å². The molecular formula is C19H16Cl2FN3O4. The van der Waals surface area contributed by atoms with Crippen molar-refractivity contribution in [2.45, 2.75) is 37.1 Å². The van der Waals surface area contributed by atoms with E-state index in [0.717, 1.165) is 17.3 Å². The van der Waals surface area contributed by atoms with Crippen molar-refractivity contribution in [3.63, 3.8) is 0 Å². The van der Waals surface area contributed by atoms with Crippen LogP contribution in [0.5, 0.6) is 0 Å². The van der Waals surface area contributed by atoms with Crippen molar-refractivity contribution in [1.82, 2.24) is 14.5 Å². The first-order valence-corrected chi connectivity index (χ1v) is 9.79. The molecule has 0 radical (unpaired) electrons. The Morgan fingerprint density at radius 1 is 1.17 bits per heavy atom. The minimum Gasteiger partial charge on any atom is -0.387 e. The zero-order chi connectivity index (χ0) is 20.3. The second-order valence-corrected chi connectivity index (χ2v) is 7.90. The van der Waals surface area contributed by atoms with E-state index < -0.39 is 36.5 Å². The quantitative estimate of drug-likeness (QED) is 0.596. The van der Waals surface area contributed by atoms with Crippen LogP contribution in [0.15, 0.2) is 30.7 Å². The van der Waals surface area contributed by atoms with Crippen LogP contribution in [0.4, 0.5) is 4.39 Å². The van der Waals surface area contributed by atoms with Crippen LogP contribution in [-0.2, 0) is 15.9 Å². The van der Waals surface area contributed by atoms with Crippen molar-refractivity contribution >= 4 is 34.2 Å². The summed E-state index contributed by atoms with van der Waals surface area (Å²) in [6.45, 7) is 0.426. The maximum Gasteiger partial charge on any atom is 0.164 e. The number of aromatic nitrogens is 3. The van der Waals surface area contributed by atoms with E-state index in [1.54, 1.807) is 6.07 Å². The van der Waals surface area contributed by atoms with E-state index in [9.17, 15) is 14.6 Å². The maximum absolute atomic E-state index is 14.4. The number of nitrogens with zero attached hydrogens (tertiary/aromatic N) is 3. The molecule has 4 heterocycles. The molecule has 1 fully saturated rings. The van der Waals surface area contributed by atoms with Crippen LogP contribution in [0.25, 0.3) is 11.0 Å². The van der Waals surface area contributed by atoms with Gasteiger partial charge >= 0.3 is 0 Å². The fourth-order valence-electron chi connectivity index (χ4n) is 4.09. The molecule has 2 aliphatic rings. The summed E-state index contributed by atoms with van der Waals surface area (Å²) in [6.07, 6.45) is -2.12. The van der Waals surface area contributed by atoms with Crippen LogP contribution in [0.3, 0.4) is 0 Å². The molecule has 0 aliphatic carbocycles. The number of hydrogen-bond donors (Lipinski definition) is 2. The van der Waals surface area contributed by atoms with Crippen LogP contribution in [0.2, 0.25) is 10.2 Å². The maximum atomic E-state index is 14.4. The molecule has 0 amide bonds. The molecule has 2 aromatic heterocycles. The summed E-state index contributed by atoms with van der Waals surface area (Å²) >= 11 is 12.1. The van der Waals surface area contributed by atoms with Gasteiger partial charge in [-0.3, -0.25) is 0 Å². The highest BCUT2D eigenvalue weighted by molar-refractivity contribution is 6.34. The summed E-state index contributed by atoms with van der Waals surface area (Å²) < 4.78 is 27.6. The number of benzene rings is 1. The lowest BCUT2D eigenvalue weighted by molar-refractivity contribution is -0.113. The topological polar surface area (TPSA) is 89.6 Å². The van der Waals surface area contributed by atoms with E-state index in [1.807, 2.05) is 12.1 Å². The standard InChI is InChI=1S/C19H16Cl2FN3O4/c20-9-1-2-10-8(5-9)3-4-28-15(10)16-13(26)14(27)19(29-16)25-6-11(22)12-17(21)23-7-24-18(12)25/h1-2,5-7,13-16,19,26-27H,3-4H2/t13-,14+,15+,16-,19+/m0/s1. The van der Waals surface area contributed by atoms with Gasteiger partial charge in [0.15, 0.2) is 12.0 Å². The van der Waals surface area contributed by atoms with Gasteiger partial charge in [-0.2, -0.15) is 0 Å². The highest BCUT2D eigenvalue weighted by Gasteiger charge is 2.49. The molecule has 3 aromatic rings. The number of fused-ring (bicyclic) bond motifs is 2. The van der Waals surface area contributed by atoms with Crippen molar-refractivity contribution < 1.29 is 24.1 Å². The Hall–Kier alpha value is -1.81. The average molecular weight is 440 g/mol.